The van der Waals surface area contributed by atoms with Gasteiger partial charge in [0.05, 0.1) is 11.2 Å². The van der Waals surface area contributed by atoms with Gasteiger partial charge in [-0.3, -0.25) is 0 Å². The first-order chi connectivity index (χ1) is 7.98. The number of hydrogen-bond donors (Lipinski definition) is 2. The largest absolute Gasteiger partial charge is 0.317 e. The van der Waals surface area contributed by atoms with E-state index < -0.39 is 0 Å². The van der Waals surface area contributed by atoms with Crippen LogP contribution in [0.2, 0.25) is 0 Å². The Kier molecular flexibility index (Phi) is 3.57. The third-order valence-corrected chi connectivity index (χ3v) is 4.66. The highest BCUT2D eigenvalue weighted by Crippen LogP contribution is 2.34. The van der Waals surface area contributed by atoms with Gasteiger partial charge in [-0.25, -0.2) is 4.98 Å². The van der Waals surface area contributed by atoms with E-state index in [1.165, 1.54) is 10.7 Å². The third-order valence-electron chi connectivity index (χ3n) is 3.62. The summed E-state index contributed by atoms with van der Waals surface area (Å²) < 4.78 is 0. The van der Waals surface area contributed by atoms with Crippen molar-refractivity contribution < 1.29 is 0 Å². The molecule has 0 aliphatic carbocycles. The van der Waals surface area contributed by atoms with Crippen LogP contribution in [0.5, 0.6) is 0 Å². The maximum absolute atomic E-state index is 4.88. The Labute approximate surface area is 108 Å². The first-order valence-electron chi connectivity index (χ1n) is 6.34. The van der Waals surface area contributed by atoms with Crippen molar-refractivity contribution in [1.82, 2.24) is 15.6 Å². The molecular formula is C13H23N3S. The molecule has 0 saturated carbocycles. The van der Waals surface area contributed by atoms with Crippen molar-refractivity contribution in [2.45, 2.75) is 44.6 Å². The lowest BCUT2D eigenvalue weighted by atomic mass is 9.88. The van der Waals surface area contributed by atoms with E-state index in [0.717, 1.165) is 25.9 Å². The summed E-state index contributed by atoms with van der Waals surface area (Å²) in [6, 6.07) is 0. The second kappa shape index (κ2) is 4.67. The zero-order valence-corrected chi connectivity index (χ0v) is 12.1. The van der Waals surface area contributed by atoms with Gasteiger partial charge in [-0.2, -0.15) is 0 Å². The molecule has 1 saturated heterocycles. The normalized spacial score (nSPS) is 20.5. The van der Waals surface area contributed by atoms with Gasteiger partial charge in [0.1, 0.15) is 5.01 Å². The SMILES string of the molecule is CNC1(c2nc(C(C)(C)C)cs2)CCNCC1. The fraction of sp³-hybridized carbons (Fsp3) is 0.769. The fourth-order valence-corrected chi connectivity index (χ4v) is 3.57. The molecule has 2 N–H and O–H groups in total. The smallest absolute Gasteiger partial charge is 0.113 e. The lowest BCUT2D eigenvalue weighted by Crippen LogP contribution is -2.48. The van der Waals surface area contributed by atoms with E-state index in [1.54, 1.807) is 11.3 Å². The van der Waals surface area contributed by atoms with Crippen LogP contribution in [-0.2, 0) is 11.0 Å². The number of nitrogens with one attached hydrogen (secondary N) is 2. The van der Waals surface area contributed by atoms with E-state index in [1.807, 2.05) is 0 Å². The lowest BCUT2D eigenvalue weighted by Gasteiger charge is -2.35. The van der Waals surface area contributed by atoms with Crippen molar-refractivity contribution in [3.05, 3.63) is 16.1 Å². The van der Waals surface area contributed by atoms with Gasteiger partial charge in [-0.1, -0.05) is 20.8 Å². The molecule has 1 aliphatic heterocycles. The quantitative estimate of drug-likeness (QED) is 0.849. The maximum atomic E-state index is 4.88. The number of aromatic nitrogens is 1. The molecule has 4 heteroatoms. The summed E-state index contributed by atoms with van der Waals surface area (Å²) in [6.07, 6.45) is 2.25. The number of rotatable bonds is 2. The third kappa shape index (κ3) is 2.54. The predicted octanol–water partition coefficient (Wildman–Crippen LogP) is 2.24. The highest BCUT2D eigenvalue weighted by molar-refractivity contribution is 7.09. The van der Waals surface area contributed by atoms with E-state index in [9.17, 15) is 0 Å². The molecule has 0 bridgehead atoms. The standard InChI is InChI=1S/C13H23N3S/c1-12(2,3)10-9-17-11(16-10)13(14-4)5-7-15-8-6-13/h9,14-15H,5-8H2,1-4H3. The topological polar surface area (TPSA) is 37.0 Å². The fourth-order valence-electron chi connectivity index (χ4n) is 2.26. The van der Waals surface area contributed by atoms with Gasteiger partial charge in [0.2, 0.25) is 0 Å². The Morgan fingerprint density at radius 3 is 2.47 bits per heavy atom. The van der Waals surface area contributed by atoms with E-state index in [-0.39, 0.29) is 11.0 Å². The first-order valence-corrected chi connectivity index (χ1v) is 7.22. The van der Waals surface area contributed by atoms with Gasteiger partial charge in [0, 0.05) is 10.8 Å². The average molecular weight is 253 g/mol. The van der Waals surface area contributed by atoms with Gasteiger partial charge in [-0.05, 0) is 33.0 Å². The number of piperidine rings is 1. The minimum Gasteiger partial charge on any atom is -0.317 e. The van der Waals surface area contributed by atoms with Crippen LogP contribution in [-0.4, -0.2) is 25.1 Å². The molecule has 17 heavy (non-hydrogen) atoms. The Balaban J connectivity index is 2.28. The summed E-state index contributed by atoms with van der Waals surface area (Å²) >= 11 is 1.80. The average Bonchev–Trinajstić information content (AvgIpc) is 2.79. The molecule has 1 aromatic heterocycles. The highest BCUT2D eigenvalue weighted by Gasteiger charge is 2.35. The Bertz CT molecular complexity index is 372. The van der Waals surface area contributed by atoms with E-state index >= 15 is 0 Å². The van der Waals surface area contributed by atoms with E-state index in [2.05, 4.69) is 43.8 Å². The molecule has 0 radical (unpaired) electrons. The second-order valence-electron chi connectivity index (χ2n) is 5.87. The Morgan fingerprint density at radius 2 is 2.00 bits per heavy atom. The maximum Gasteiger partial charge on any atom is 0.113 e. The minimum atomic E-state index is 0.0966. The van der Waals surface area contributed by atoms with Crippen molar-refractivity contribution in [3.8, 4) is 0 Å². The molecule has 1 aromatic rings. The van der Waals surface area contributed by atoms with E-state index in [0.29, 0.717) is 0 Å². The summed E-state index contributed by atoms with van der Waals surface area (Å²) in [7, 11) is 2.06. The molecule has 0 unspecified atom stereocenters. The predicted molar refractivity (Wildman–Crippen MR) is 73.7 cm³/mol. The number of nitrogens with zero attached hydrogens (tertiary/aromatic N) is 1. The van der Waals surface area contributed by atoms with Gasteiger partial charge in [0.15, 0.2) is 0 Å². The highest BCUT2D eigenvalue weighted by atomic mass is 32.1. The molecule has 0 aromatic carbocycles. The van der Waals surface area contributed by atoms with Crippen LogP contribution < -0.4 is 10.6 Å². The van der Waals surface area contributed by atoms with Gasteiger partial charge < -0.3 is 10.6 Å². The number of thiazole rings is 1. The summed E-state index contributed by atoms with van der Waals surface area (Å²) in [6.45, 7) is 8.82. The molecule has 2 heterocycles. The van der Waals surface area contributed by atoms with Crippen LogP contribution in [0, 0.1) is 0 Å². The first kappa shape index (κ1) is 13.0. The lowest BCUT2D eigenvalue weighted by molar-refractivity contribution is 0.262. The van der Waals surface area contributed by atoms with Gasteiger partial charge in [-0.15, -0.1) is 11.3 Å². The molecule has 1 fully saturated rings. The van der Waals surface area contributed by atoms with Crippen molar-refractivity contribution in [3.63, 3.8) is 0 Å². The van der Waals surface area contributed by atoms with Crippen molar-refractivity contribution in [2.75, 3.05) is 20.1 Å². The molecule has 3 nitrogen and oxygen atoms in total. The number of hydrogen-bond acceptors (Lipinski definition) is 4. The Morgan fingerprint density at radius 1 is 1.35 bits per heavy atom. The monoisotopic (exact) mass is 253 g/mol. The van der Waals surface area contributed by atoms with Crippen LogP contribution in [0.4, 0.5) is 0 Å². The molecule has 0 amide bonds. The van der Waals surface area contributed by atoms with Crippen LogP contribution in [0.1, 0.15) is 44.3 Å². The summed E-state index contributed by atoms with van der Waals surface area (Å²) in [5.74, 6) is 0. The summed E-state index contributed by atoms with van der Waals surface area (Å²) in [4.78, 5) is 4.88. The second-order valence-corrected chi connectivity index (χ2v) is 6.73. The van der Waals surface area contributed by atoms with Crippen LogP contribution in [0.15, 0.2) is 5.38 Å². The molecule has 96 valence electrons. The Hall–Kier alpha value is -0.450. The summed E-state index contributed by atoms with van der Waals surface area (Å²) in [5.41, 5.74) is 1.46. The summed E-state index contributed by atoms with van der Waals surface area (Å²) in [5, 5.41) is 10.4. The molecule has 0 spiro atoms. The van der Waals surface area contributed by atoms with Gasteiger partial charge >= 0.3 is 0 Å². The zero-order valence-electron chi connectivity index (χ0n) is 11.3. The van der Waals surface area contributed by atoms with E-state index in [4.69, 9.17) is 4.98 Å². The molecule has 2 rings (SSSR count). The van der Waals surface area contributed by atoms with Crippen molar-refractivity contribution in [1.29, 1.82) is 0 Å². The molecule has 0 atom stereocenters. The molecular weight excluding hydrogens is 230 g/mol. The molecule has 1 aliphatic rings. The van der Waals surface area contributed by atoms with Crippen LogP contribution in [0.25, 0.3) is 0 Å². The van der Waals surface area contributed by atoms with Crippen LogP contribution in [0.3, 0.4) is 0 Å². The van der Waals surface area contributed by atoms with Crippen LogP contribution >= 0.6 is 11.3 Å². The van der Waals surface area contributed by atoms with Gasteiger partial charge in [0.25, 0.3) is 0 Å². The van der Waals surface area contributed by atoms with Crippen molar-refractivity contribution in [2.24, 2.45) is 0 Å². The van der Waals surface area contributed by atoms with Crippen molar-refractivity contribution >= 4 is 11.3 Å². The zero-order chi connectivity index (χ0) is 12.5. The minimum absolute atomic E-state index is 0.0966.